The number of aryl methyl sites for hydroxylation is 1. The zero-order chi connectivity index (χ0) is 24.4. The van der Waals surface area contributed by atoms with Crippen LogP contribution in [0.5, 0.6) is 5.75 Å². The molecule has 3 N–H and O–H groups in total. The first-order valence-electron chi connectivity index (χ1n) is 10.9. The van der Waals surface area contributed by atoms with Crippen molar-refractivity contribution in [1.82, 2.24) is 14.5 Å². The number of H-pyrrole nitrogens is 1. The Bertz CT molecular complexity index is 1480. The molecule has 5 rings (SSSR count). The fourth-order valence-electron chi connectivity index (χ4n) is 3.83. The predicted octanol–water partition coefficient (Wildman–Crippen LogP) is 4.10. The number of aliphatic carboxylic acids is 1. The first kappa shape index (κ1) is 22.0. The SMILES string of the molecule is Cc1cc(OCCn2cccc2)ccc1NC1=C(C(=O)O)C(=O)C(=Cc2c[nH]c3ncccc23)O1. The summed E-state index contributed by atoms with van der Waals surface area (Å²) in [6, 6.07) is 12.9. The van der Waals surface area contributed by atoms with E-state index in [9.17, 15) is 14.7 Å². The molecule has 0 aliphatic carbocycles. The Morgan fingerprint density at radius 3 is 2.86 bits per heavy atom. The Labute approximate surface area is 200 Å². The van der Waals surface area contributed by atoms with Crippen LogP contribution in [0.2, 0.25) is 0 Å². The summed E-state index contributed by atoms with van der Waals surface area (Å²) in [5, 5.41) is 13.4. The number of rotatable bonds is 8. The van der Waals surface area contributed by atoms with E-state index in [-0.39, 0.29) is 11.6 Å². The van der Waals surface area contributed by atoms with E-state index in [0.717, 1.165) is 17.5 Å². The number of anilines is 1. The van der Waals surface area contributed by atoms with Crippen LogP contribution >= 0.6 is 0 Å². The Morgan fingerprint density at radius 1 is 1.26 bits per heavy atom. The predicted molar refractivity (Wildman–Crippen MR) is 130 cm³/mol. The topological polar surface area (TPSA) is 118 Å². The van der Waals surface area contributed by atoms with Gasteiger partial charge < -0.3 is 29.4 Å². The average molecular weight is 470 g/mol. The second-order valence-electron chi connectivity index (χ2n) is 7.96. The fourth-order valence-corrected chi connectivity index (χ4v) is 3.83. The third kappa shape index (κ3) is 4.51. The lowest BCUT2D eigenvalue weighted by Crippen LogP contribution is -2.12. The molecule has 9 nitrogen and oxygen atoms in total. The number of benzene rings is 1. The van der Waals surface area contributed by atoms with Gasteiger partial charge in [-0.2, -0.15) is 0 Å². The van der Waals surface area contributed by atoms with E-state index >= 15 is 0 Å². The molecule has 176 valence electrons. The number of allylic oxidation sites excluding steroid dienone is 1. The first-order chi connectivity index (χ1) is 17.0. The molecule has 0 saturated carbocycles. The van der Waals surface area contributed by atoms with E-state index in [1.807, 2.05) is 48.1 Å². The van der Waals surface area contributed by atoms with Gasteiger partial charge in [0, 0.05) is 41.4 Å². The summed E-state index contributed by atoms with van der Waals surface area (Å²) in [4.78, 5) is 31.9. The maximum Gasteiger partial charge on any atom is 0.345 e. The largest absolute Gasteiger partial charge is 0.492 e. The molecular formula is C26H22N4O5. The van der Waals surface area contributed by atoms with Crippen LogP contribution in [-0.4, -0.2) is 38.0 Å². The van der Waals surface area contributed by atoms with Crippen molar-refractivity contribution >= 4 is 34.5 Å². The number of ketones is 1. The zero-order valence-corrected chi connectivity index (χ0v) is 18.8. The highest BCUT2D eigenvalue weighted by Crippen LogP contribution is 2.31. The maximum atomic E-state index is 12.8. The molecule has 0 radical (unpaired) electrons. The van der Waals surface area contributed by atoms with Gasteiger partial charge in [0.05, 0.1) is 6.54 Å². The monoisotopic (exact) mass is 470 g/mol. The minimum Gasteiger partial charge on any atom is -0.492 e. The lowest BCUT2D eigenvalue weighted by molar-refractivity contribution is -0.134. The van der Waals surface area contributed by atoms with Gasteiger partial charge in [0.25, 0.3) is 0 Å². The van der Waals surface area contributed by atoms with Crippen molar-refractivity contribution in [3.8, 4) is 5.75 Å². The van der Waals surface area contributed by atoms with Gasteiger partial charge in [-0.25, -0.2) is 9.78 Å². The first-order valence-corrected chi connectivity index (χ1v) is 10.9. The highest BCUT2D eigenvalue weighted by Gasteiger charge is 2.36. The Hall–Kier alpha value is -4.79. The number of aromatic nitrogens is 3. The second kappa shape index (κ2) is 9.22. The molecule has 1 aliphatic heterocycles. The smallest absolute Gasteiger partial charge is 0.345 e. The molecular weight excluding hydrogens is 448 g/mol. The van der Waals surface area contributed by atoms with E-state index in [1.165, 1.54) is 6.08 Å². The van der Waals surface area contributed by atoms with Gasteiger partial charge in [0.1, 0.15) is 18.0 Å². The van der Waals surface area contributed by atoms with Gasteiger partial charge >= 0.3 is 5.97 Å². The van der Waals surface area contributed by atoms with Crippen LogP contribution in [0, 0.1) is 6.92 Å². The minimum absolute atomic E-state index is 0.0859. The van der Waals surface area contributed by atoms with Crippen LogP contribution in [0.25, 0.3) is 17.1 Å². The summed E-state index contributed by atoms with van der Waals surface area (Å²) in [5.74, 6) is -1.61. The lowest BCUT2D eigenvalue weighted by atomic mass is 10.1. The van der Waals surface area contributed by atoms with Crippen LogP contribution in [-0.2, 0) is 20.9 Å². The number of Topliss-reactive ketones (excluding diaryl/α,β-unsaturated/α-hetero) is 1. The van der Waals surface area contributed by atoms with Crippen LogP contribution in [0.15, 0.2) is 84.5 Å². The van der Waals surface area contributed by atoms with Crippen molar-refractivity contribution in [2.24, 2.45) is 0 Å². The number of hydrogen-bond donors (Lipinski definition) is 3. The summed E-state index contributed by atoms with van der Waals surface area (Å²) in [6.07, 6.45) is 8.79. The molecule has 1 aromatic carbocycles. The molecule has 0 amide bonds. The molecule has 0 unspecified atom stereocenters. The number of nitrogens with one attached hydrogen (secondary N) is 2. The van der Waals surface area contributed by atoms with E-state index in [0.29, 0.717) is 29.3 Å². The highest BCUT2D eigenvalue weighted by atomic mass is 16.5. The summed E-state index contributed by atoms with van der Waals surface area (Å²) in [5.41, 5.74) is 2.26. The molecule has 3 aromatic heterocycles. The zero-order valence-electron chi connectivity index (χ0n) is 18.8. The van der Waals surface area contributed by atoms with Crippen molar-refractivity contribution in [2.45, 2.75) is 13.5 Å². The standard InChI is InChI=1S/C26H22N4O5/c1-16-13-18(34-12-11-30-9-2-3-10-30)6-7-20(16)29-25-22(26(32)33)23(31)21(35-25)14-17-15-28-24-19(17)5-4-8-27-24/h2-10,13-15,29H,11-12H2,1H3,(H,27,28)(H,32,33). The number of carbonyl (C=O) groups is 2. The number of aromatic amines is 1. The summed E-state index contributed by atoms with van der Waals surface area (Å²) in [6.45, 7) is 3.08. The van der Waals surface area contributed by atoms with Gasteiger partial charge in [0.15, 0.2) is 11.3 Å². The van der Waals surface area contributed by atoms with Gasteiger partial charge in [-0.3, -0.25) is 4.79 Å². The van der Waals surface area contributed by atoms with Gasteiger partial charge in [0.2, 0.25) is 11.7 Å². The van der Waals surface area contributed by atoms with Crippen molar-refractivity contribution in [3.05, 3.63) is 95.6 Å². The number of carbonyl (C=O) groups excluding carboxylic acids is 1. The third-order valence-corrected chi connectivity index (χ3v) is 5.60. The van der Waals surface area contributed by atoms with Gasteiger partial charge in [-0.05, 0) is 61.0 Å². The van der Waals surface area contributed by atoms with Crippen LogP contribution in [0.3, 0.4) is 0 Å². The Balaban J connectivity index is 1.33. The molecule has 0 fully saturated rings. The number of nitrogens with zero attached hydrogens (tertiary/aromatic N) is 2. The highest BCUT2D eigenvalue weighted by molar-refractivity contribution is 6.26. The molecule has 4 aromatic rings. The molecule has 1 aliphatic rings. The quantitative estimate of drug-likeness (QED) is 0.262. The second-order valence-corrected chi connectivity index (χ2v) is 7.96. The van der Waals surface area contributed by atoms with Crippen LogP contribution in [0.1, 0.15) is 11.1 Å². The van der Waals surface area contributed by atoms with Gasteiger partial charge in [-0.15, -0.1) is 0 Å². The maximum absolute atomic E-state index is 12.8. The number of hydrogen-bond acceptors (Lipinski definition) is 6. The van der Waals surface area contributed by atoms with E-state index in [1.54, 1.807) is 30.6 Å². The number of carboxylic acid groups (broad SMARTS) is 1. The Morgan fingerprint density at radius 2 is 2.09 bits per heavy atom. The molecule has 0 saturated heterocycles. The normalized spacial score (nSPS) is 14.5. The number of ether oxygens (including phenoxy) is 2. The van der Waals surface area contributed by atoms with E-state index in [2.05, 4.69) is 15.3 Å². The summed E-state index contributed by atoms with van der Waals surface area (Å²) < 4.78 is 13.5. The van der Waals surface area contributed by atoms with E-state index < -0.39 is 17.3 Å². The Kier molecular flexibility index (Phi) is 5.80. The number of carboxylic acids is 1. The number of fused-ring (bicyclic) bond motifs is 1. The lowest BCUT2D eigenvalue weighted by Gasteiger charge is -2.13. The average Bonchev–Trinajstić information content (AvgIpc) is 3.56. The molecule has 35 heavy (non-hydrogen) atoms. The molecule has 0 bridgehead atoms. The number of pyridine rings is 1. The van der Waals surface area contributed by atoms with Crippen molar-refractivity contribution in [1.29, 1.82) is 0 Å². The third-order valence-electron chi connectivity index (χ3n) is 5.60. The summed E-state index contributed by atoms with van der Waals surface area (Å²) in [7, 11) is 0. The van der Waals surface area contributed by atoms with Gasteiger partial charge in [-0.1, -0.05) is 0 Å². The summed E-state index contributed by atoms with van der Waals surface area (Å²) >= 11 is 0. The molecule has 0 spiro atoms. The van der Waals surface area contributed by atoms with Crippen molar-refractivity contribution in [2.75, 3.05) is 11.9 Å². The van der Waals surface area contributed by atoms with Crippen LogP contribution in [0.4, 0.5) is 5.69 Å². The molecule has 4 heterocycles. The van der Waals surface area contributed by atoms with Crippen molar-refractivity contribution in [3.63, 3.8) is 0 Å². The van der Waals surface area contributed by atoms with E-state index in [4.69, 9.17) is 9.47 Å². The van der Waals surface area contributed by atoms with Crippen molar-refractivity contribution < 1.29 is 24.2 Å². The van der Waals surface area contributed by atoms with Crippen LogP contribution < -0.4 is 10.1 Å². The fraction of sp³-hybridized carbons (Fsp3) is 0.115. The molecule has 9 heteroatoms. The minimum atomic E-state index is -1.37. The molecule has 0 atom stereocenters.